The van der Waals surface area contributed by atoms with Gasteiger partial charge < -0.3 is 14.4 Å². The molecule has 4 rings (SSSR count). The molecule has 1 N–H and O–H groups in total. The number of carboxylic acids is 1. The first-order valence-electron chi connectivity index (χ1n) is 11.4. The van der Waals surface area contributed by atoms with Crippen LogP contribution in [0.1, 0.15) is 50.6 Å². The molecule has 1 aliphatic rings. The van der Waals surface area contributed by atoms with Gasteiger partial charge in [0, 0.05) is 28.2 Å². The number of rotatable bonds is 5. The average molecular weight is 519 g/mol. The van der Waals surface area contributed by atoms with Crippen molar-refractivity contribution in [3.05, 3.63) is 52.2 Å². The van der Waals surface area contributed by atoms with Crippen molar-refractivity contribution < 1.29 is 23.1 Å². The molecule has 0 saturated carbocycles. The first-order chi connectivity index (χ1) is 16.1. The molecule has 0 unspecified atom stereocenters. The highest BCUT2D eigenvalue weighted by Crippen LogP contribution is 2.49. The van der Waals surface area contributed by atoms with E-state index in [2.05, 4.69) is 4.57 Å². The van der Waals surface area contributed by atoms with Crippen LogP contribution in [0.2, 0.25) is 5.02 Å². The second kappa shape index (κ2) is 8.54. The van der Waals surface area contributed by atoms with Gasteiger partial charge in [0.2, 0.25) is 10.0 Å². The summed E-state index contributed by atoms with van der Waals surface area (Å²) in [6.45, 7) is 11.5. The molecule has 188 valence electrons. The van der Waals surface area contributed by atoms with E-state index in [1.54, 1.807) is 39.8 Å². The van der Waals surface area contributed by atoms with Crippen LogP contribution in [0.4, 0.5) is 5.69 Å². The van der Waals surface area contributed by atoms with E-state index < -0.39 is 27.7 Å². The molecule has 0 aliphatic carbocycles. The number of carboxylic acid groups (broad SMARTS) is 1. The van der Waals surface area contributed by atoms with Crippen LogP contribution in [0.5, 0.6) is 0 Å². The van der Waals surface area contributed by atoms with Crippen molar-refractivity contribution in [2.45, 2.75) is 65.8 Å². The summed E-state index contributed by atoms with van der Waals surface area (Å²) in [6, 6.07) is 8.88. The Morgan fingerprint density at radius 2 is 1.80 bits per heavy atom. The first-order valence-corrected chi connectivity index (χ1v) is 13.7. The molecule has 0 fully saturated rings. The molecule has 9 heteroatoms. The number of halogens is 1. The highest BCUT2D eigenvalue weighted by atomic mass is 35.5. The molecule has 7 nitrogen and oxygen atoms in total. The number of ether oxygens (including phenoxy) is 1. The fourth-order valence-electron chi connectivity index (χ4n) is 5.16. The second-order valence-corrected chi connectivity index (χ2v) is 12.6. The number of benzene rings is 2. The third kappa shape index (κ3) is 4.43. The third-order valence-corrected chi connectivity index (χ3v) is 7.85. The lowest BCUT2D eigenvalue weighted by Crippen LogP contribution is -2.44. The normalized spacial score (nSPS) is 17.1. The summed E-state index contributed by atoms with van der Waals surface area (Å²) in [5, 5.41) is 11.7. The molecule has 0 amide bonds. The lowest BCUT2D eigenvalue weighted by molar-refractivity contribution is -0.160. The third-order valence-electron chi connectivity index (χ3n) is 6.34. The summed E-state index contributed by atoms with van der Waals surface area (Å²) in [4.78, 5) is 12.6. The zero-order valence-corrected chi connectivity index (χ0v) is 22.6. The van der Waals surface area contributed by atoms with Crippen LogP contribution in [-0.4, -0.2) is 42.0 Å². The van der Waals surface area contributed by atoms with Crippen molar-refractivity contribution in [1.29, 1.82) is 0 Å². The number of aromatic nitrogens is 1. The van der Waals surface area contributed by atoms with E-state index in [0.29, 0.717) is 33.9 Å². The lowest BCUT2D eigenvalue weighted by atomic mass is 9.87. The van der Waals surface area contributed by atoms with Gasteiger partial charge in [-0.05, 0) is 76.4 Å². The Labute approximate surface area is 211 Å². The van der Waals surface area contributed by atoms with Crippen LogP contribution in [0.25, 0.3) is 22.0 Å². The number of nitrogens with zero attached hydrogens (tertiary/aromatic N) is 2. The predicted octanol–water partition coefficient (Wildman–Crippen LogP) is 5.69. The molecule has 0 bridgehead atoms. The van der Waals surface area contributed by atoms with Crippen LogP contribution in [0, 0.1) is 13.8 Å². The van der Waals surface area contributed by atoms with E-state index in [9.17, 15) is 18.3 Å². The van der Waals surface area contributed by atoms with Crippen LogP contribution in [0.3, 0.4) is 0 Å². The Morgan fingerprint density at radius 3 is 2.31 bits per heavy atom. The highest BCUT2D eigenvalue weighted by molar-refractivity contribution is 7.92. The van der Waals surface area contributed by atoms with Gasteiger partial charge in [0.05, 0.1) is 29.1 Å². The van der Waals surface area contributed by atoms with E-state index in [0.717, 1.165) is 22.2 Å². The molecule has 3 aromatic rings. The predicted molar refractivity (Wildman–Crippen MR) is 140 cm³/mol. The molecule has 35 heavy (non-hydrogen) atoms. The first kappa shape index (κ1) is 25.5. The summed E-state index contributed by atoms with van der Waals surface area (Å²) < 4.78 is 35.6. The Balaban J connectivity index is 2.23. The minimum Gasteiger partial charge on any atom is -0.479 e. The Bertz CT molecular complexity index is 1440. The standard InChI is InChI=1S/C26H31ClN2O5S/c1-14-12-19-21(17-8-10-18(27)11-9-17)20(24(25(30)31)34-26(4,5)6)16(3)22-23(19)28(14)13-15(2)29(22)35(7,32)33/h8-12,15,24H,13H2,1-7H3,(H,30,31)/t15-,24+/m1/s1. The van der Waals surface area contributed by atoms with Crippen LogP contribution in [0.15, 0.2) is 30.3 Å². The number of anilines is 1. The summed E-state index contributed by atoms with van der Waals surface area (Å²) in [5.74, 6) is -1.14. The van der Waals surface area contributed by atoms with Gasteiger partial charge in [0.25, 0.3) is 0 Å². The van der Waals surface area contributed by atoms with Gasteiger partial charge in [-0.1, -0.05) is 23.7 Å². The molecule has 1 aromatic heterocycles. The summed E-state index contributed by atoms with van der Waals surface area (Å²) in [5.41, 5.74) is 3.99. The topological polar surface area (TPSA) is 88.8 Å². The Kier molecular flexibility index (Phi) is 6.23. The van der Waals surface area contributed by atoms with E-state index >= 15 is 0 Å². The van der Waals surface area contributed by atoms with E-state index in [1.165, 1.54) is 10.6 Å². The van der Waals surface area contributed by atoms with Gasteiger partial charge in [0.15, 0.2) is 6.10 Å². The van der Waals surface area contributed by atoms with Crippen LogP contribution in [-0.2, 0) is 26.1 Å². The summed E-state index contributed by atoms with van der Waals surface area (Å²) in [6.07, 6.45) is -0.128. The largest absolute Gasteiger partial charge is 0.479 e. The van der Waals surface area contributed by atoms with Gasteiger partial charge in [-0.3, -0.25) is 4.31 Å². The highest BCUT2D eigenvalue weighted by Gasteiger charge is 2.39. The lowest BCUT2D eigenvalue weighted by Gasteiger charge is -2.38. The van der Waals surface area contributed by atoms with Crippen LogP contribution < -0.4 is 4.31 Å². The van der Waals surface area contributed by atoms with Crippen molar-refractivity contribution in [1.82, 2.24) is 4.57 Å². The minimum absolute atomic E-state index is 0.341. The fraction of sp³-hybridized carbons (Fsp3) is 0.423. The van der Waals surface area contributed by atoms with Crippen molar-refractivity contribution in [3.8, 4) is 11.1 Å². The second-order valence-electron chi connectivity index (χ2n) is 10.3. The quantitative estimate of drug-likeness (QED) is 0.469. The van der Waals surface area contributed by atoms with Gasteiger partial charge in [-0.2, -0.15) is 0 Å². The van der Waals surface area contributed by atoms with Gasteiger partial charge in [-0.25, -0.2) is 13.2 Å². The maximum absolute atomic E-state index is 13.0. The number of hydrogen-bond donors (Lipinski definition) is 1. The van der Waals surface area contributed by atoms with E-state index in [-0.39, 0.29) is 6.04 Å². The molecular formula is C26H31ClN2O5S. The number of aryl methyl sites for hydroxylation is 1. The molecule has 2 aromatic carbocycles. The zero-order valence-electron chi connectivity index (χ0n) is 21.0. The maximum Gasteiger partial charge on any atom is 0.337 e. The van der Waals surface area contributed by atoms with Crippen LogP contribution >= 0.6 is 11.6 Å². The SMILES string of the molecule is Cc1c([C@H](OC(C)(C)C)C(=O)O)c(-c2ccc(Cl)cc2)c2cc(C)n3c2c1N(S(C)(=O)=O)[C@H](C)C3. The van der Waals surface area contributed by atoms with Gasteiger partial charge in [-0.15, -0.1) is 0 Å². The van der Waals surface area contributed by atoms with Crippen molar-refractivity contribution >= 4 is 44.2 Å². The maximum atomic E-state index is 13.0. The van der Waals surface area contributed by atoms with Crippen molar-refractivity contribution in [2.75, 3.05) is 10.6 Å². The van der Waals surface area contributed by atoms with Gasteiger partial charge >= 0.3 is 5.97 Å². The van der Waals surface area contributed by atoms with Crippen molar-refractivity contribution in [3.63, 3.8) is 0 Å². The summed E-state index contributed by atoms with van der Waals surface area (Å²) in [7, 11) is -3.64. The average Bonchev–Trinajstić information content (AvgIpc) is 3.04. The molecular weight excluding hydrogens is 488 g/mol. The number of sulfonamides is 1. The molecule has 1 aliphatic heterocycles. The number of aliphatic carboxylic acids is 1. The number of carbonyl (C=O) groups is 1. The fourth-order valence-corrected chi connectivity index (χ4v) is 6.56. The zero-order chi connectivity index (χ0) is 26.0. The Morgan fingerprint density at radius 1 is 1.20 bits per heavy atom. The summed E-state index contributed by atoms with van der Waals surface area (Å²) >= 11 is 6.16. The number of hydrogen-bond acceptors (Lipinski definition) is 4. The molecule has 0 radical (unpaired) electrons. The molecule has 2 heterocycles. The minimum atomic E-state index is -3.64. The monoisotopic (exact) mass is 518 g/mol. The van der Waals surface area contributed by atoms with E-state index in [4.69, 9.17) is 16.3 Å². The smallest absolute Gasteiger partial charge is 0.337 e. The van der Waals surface area contributed by atoms with E-state index in [1.807, 2.05) is 32.0 Å². The van der Waals surface area contributed by atoms with Crippen molar-refractivity contribution in [2.24, 2.45) is 0 Å². The molecule has 0 saturated heterocycles. The molecule has 2 atom stereocenters. The van der Waals surface area contributed by atoms with Gasteiger partial charge in [0.1, 0.15) is 0 Å². The Hall–Kier alpha value is -2.55. The molecule has 0 spiro atoms.